The Balaban J connectivity index is 2.05. The van der Waals surface area contributed by atoms with Crippen LogP contribution in [0, 0.1) is 5.92 Å². The maximum atomic E-state index is 6.05. The smallest absolute Gasteiger partial charge is 0.0975 e. The predicted octanol–water partition coefficient (Wildman–Crippen LogP) is 2.69. The molecule has 16 heavy (non-hydrogen) atoms. The number of hydrogen-bond acceptors (Lipinski definition) is 2. The summed E-state index contributed by atoms with van der Waals surface area (Å²) in [5.41, 5.74) is 7.18. The number of aliphatic imine (C=N–C) groups is 1. The molecule has 0 aromatic carbocycles. The summed E-state index contributed by atoms with van der Waals surface area (Å²) in [5, 5.41) is 0. The van der Waals surface area contributed by atoms with E-state index in [1.54, 1.807) is 6.20 Å². The van der Waals surface area contributed by atoms with E-state index < -0.39 is 0 Å². The van der Waals surface area contributed by atoms with E-state index in [4.69, 9.17) is 5.73 Å². The van der Waals surface area contributed by atoms with Crippen LogP contribution in [0.1, 0.15) is 44.2 Å². The Morgan fingerprint density at radius 1 is 1.50 bits per heavy atom. The molecule has 3 nitrogen and oxygen atoms in total. The zero-order valence-electron chi connectivity index (χ0n) is 9.76. The summed E-state index contributed by atoms with van der Waals surface area (Å²) in [5.74, 6) is 1.34. The van der Waals surface area contributed by atoms with Crippen molar-refractivity contribution >= 4 is 5.84 Å². The number of aromatic nitrogens is 1. The maximum Gasteiger partial charge on any atom is 0.0975 e. The van der Waals surface area contributed by atoms with Crippen LogP contribution in [0.4, 0.5) is 0 Å². The monoisotopic (exact) mass is 217 g/mol. The van der Waals surface area contributed by atoms with Crippen LogP contribution < -0.4 is 5.73 Å². The van der Waals surface area contributed by atoms with Crippen LogP contribution in [-0.4, -0.2) is 10.8 Å². The minimum Gasteiger partial charge on any atom is -0.387 e. The fourth-order valence-corrected chi connectivity index (χ4v) is 2.25. The predicted molar refractivity (Wildman–Crippen MR) is 66.2 cm³/mol. The lowest BCUT2D eigenvalue weighted by molar-refractivity contribution is 0.699. The van der Waals surface area contributed by atoms with Crippen LogP contribution in [-0.2, 0) is 0 Å². The van der Waals surface area contributed by atoms with Crippen molar-refractivity contribution in [1.29, 1.82) is 0 Å². The lowest BCUT2D eigenvalue weighted by Gasteiger charge is -2.12. The first-order valence-electron chi connectivity index (χ1n) is 6.00. The van der Waals surface area contributed by atoms with Crippen LogP contribution in [0.5, 0.6) is 0 Å². The lowest BCUT2D eigenvalue weighted by Crippen LogP contribution is -2.22. The zero-order chi connectivity index (χ0) is 11.4. The van der Waals surface area contributed by atoms with Gasteiger partial charge in [0.15, 0.2) is 0 Å². The SMILES string of the molecule is CC(N=C(N)C1CCCC1)c1cccnc1. The quantitative estimate of drug-likeness (QED) is 0.625. The Bertz CT molecular complexity index is 353. The highest BCUT2D eigenvalue weighted by Crippen LogP contribution is 2.26. The summed E-state index contributed by atoms with van der Waals surface area (Å²) in [6, 6.07) is 4.10. The molecule has 0 bridgehead atoms. The highest BCUT2D eigenvalue weighted by Gasteiger charge is 2.19. The first-order valence-corrected chi connectivity index (χ1v) is 6.00. The molecule has 0 spiro atoms. The summed E-state index contributed by atoms with van der Waals surface area (Å²) in [6.07, 6.45) is 8.63. The number of pyridine rings is 1. The van der Waals surface area contributed by atoms with Crippen LogP contribution in [0.3, 0.4) is 0 Å². The highest BCUT2D eigenvalue weighted by molar-refractivity contribution is 5.83. The van der Waals surface area contributed by atoms with Crippen LogP contribution in [0.25, 0.3) is 0 Å². The molecule has 1 aliphatic rings. The van der Waals surface area contributed by atoms with E-state index in [-0.39, 0.29) is 6.04 Å². The summed E-state index contributed by atoms with van der Waals surface area (Å²) >= 11 is 0. The summed E-state index contributed by atoms with van der Waals surface area (Å²) in [6.45, 7) is 2.07. The molecule has 0 saturated heterocycles. The van der Waals surface area contributed by atoms with Crippen LogP contribution in [0.2, 0.25) is 0 Å². The van der Waals surface area contributed by atoms with Gasteiger partial charge in [0, 0.05) is 18.3 Å². The van der Waals surface area contributed by atoms with Crippen molar-refractivity contribution in [2.75, 3.05) is 0 Å². The standard InChI is InChI=1S/C13H19N3/c1-10(12-7-4-8-15-9-12)16-13(14)11-5-2-3-6-11/h4,7-11H,2-3,5-6H2,1H3,(H2,14,16). The molecule has 1 aliphatic carbocycles. The van der Waals surface area contributed by atoms with Gasteiger partial charge in [0.2, 0.25) is 0 Å². The van der Waals surface area contributed by atoms with Crippen molar-refractivity contribution in [3.05, 3.63) is 30.1 Å². The zero-order valence-corrected chi connectivity index (χ0v) is 9.76. The molecule has 1 unspecified atom stereocenters. The fourth-order valence-electron chi connectivity index (χ4n) is 2.25. The Morgan fingerprint density at radius 3 is 2.88 bits per heavy atom. The second-order valence-corrected chi connectivity index (χ2v) is 4.50. The minimum absolute atomic E-state index is 0.120. The molecule has 1 aromatic heterocycles. The molecule has 1 fully saturated rings. The maximum absolute atomic E-state index is 6.05. The lowest BCUT2D eigenvalue weighted by atomic mass is 10.1. The van der Waals surface area contributed by atoms with E-state index in [1.807, 2.05) is 18.3 Å². The third-order valence-corrected chi connectivity index (χ3v) is 3.28. The van der Waals surface area contributed by atoms with Gasteiger partial charge in [-0.05, 0) is 31.4 Å². The number of amidine groups is 1. The Morgan fingerprint density at radius 2 is 2.25 bits per heavy atom. The largest absolute Gasteiger partial charge is 0.387 e. The van der Waals surface area contributed by atoms with Gasteiger partial charge >= 0.3 is 0 Å². The fraction of sp³-hybridized carbons (Fsp3) is 0.538. The molecule has 1 heterocycles. The number of hydrogen-bond donors (Lipinski definition) is 1. The van der Waals surface area contributed by atoms with Gasteiger partial charge < -0.3 is 5.73 Å². The molecule has 2 N–H and O–H groups in total. The van der Waals surface area contributed by atoms with Gasteiger partial charge in [0.05, 0.1) is 11.9 Å². The minimum atomic E-state index is 0.120. The van der Waals surface area contributed by atoms with Gasteiger partial charge in [-0.1, -0.05) is 18.9 Å². The third-order valence-electron chi connectivity index (χ3n) is 3.28. The van der Waals surface area contributed by atoms with E-state index in [0.717, 1.165) is 11.4 Å². The van der Waals surface area contributed by atoms with Gasteiger partial charge in [-0.15, -0.1) is 0 Å². The molecule has 86 valence electrons. The molecule has 0 aliphatic heterocycles. The number of nitrogens with two attached hydrogens (primary N) is 1. The molecule has 1 atom stereocenters. The molecule has 0 radical (unpaired) electrons. The second kappa shape index (κ2) is 5.10. The molecule has 0 amide bonds. The number of nitrogens with zero attached hydrogens (tertiary/aromatic N) is 2. The topological polar surface area (TPSA) is 51.3 Å². The van der Waals surface area contributed by atoms with Crippen molar-refractivity contribution in [3.63, 3.8) is 0 Å². The van der Waals surface area contributed by atoms with Gasteiger partial charge in [0.25, 0.3) is 0 Å². The van der Waals surface area contributed by atoms with E-state index in [0.29, 0.717) is 5.92 Å². The van der Waals surface area contributed by atoms with Crippen LogP contribution >= 0.6 is 0 Å². The van der Waals surface area contributed by atoms with Gasteiger partial charge in [-0.3, -0.25) is 9.98 Å². The normalized spacial score (nSPS) is 19.9. The number of rotatable bonds is 3. The van der Waals surface area contributed by atoms with E-state index >= 15 is 0 Å². The average molecular weight is 217 g/mol. The third kappa shape index (κ3) is 2.60. The summed E-state index contributed by atoms with van der Waals surface area (Å²) in [4.78, 5) is 8.68. The molecule has 1 aromatic rings. The van der Waals surface area contributed by atoms with Crippen molar-refractivity contribution in [2.24, 2.45) is 16.6 Å². The first kappa shape index (κ1) is 11.1. The Labute approximate surface area is 96.8 Å². The summed E-state index contributed by atoms with van der Waals surface area (Å²) < 4.78 is 0. The Kier molecular flexibility index (Phi) is 3.54. The van der Waals surface area contributed by atoms with E-state index in [9.17, 15) is 0 Å². The van der Waals surface area contributed by atoms with E-state index in [1.165, 1.54) is 25.7 Å². The molecule has 1 saturated carbocycles. The van der Waals surface area contributed by atoms with Gasteiger partial charge in [-0.2, -0.15) is 0 Å². The molecule has 3 heteroatoms. The highest BCUT2D eigenvalue weighted by atomic mass is 14.9. The van der Waals surface area contributed by atoms with Crippen molar-refractivity contribution in [2.45, 2.75) is 38.6 Å². The second-order valence-electron chi connectivity index (χ2n) is 4.50. The van der Waals surface area contributed by atoms with Gasteiger partial charge in [-0.25, -0.2) is 0 Å². The molecular formula is C13H19N3. The van der Waals surface area contributed by atoms with Crippen LogP contribution in [0.15, 0.2) is 29.5 Å². The van der Waals surface area contributed by atoms with Gasteiger partial charge in [0.1, 0.15) is 0 Å². The van der Waals surface area contributed by atoms with E-state index in [2.05, 4.69) is 16.9 Å². The summed E-state index contributed by atoms with van der Waals surface area (Å²) in [7, 11) is 0. The first-order chi connectivity index (χ1) is 7.77. The van der Waals surface area contributed by atoms with Crippen molar-refractivity contribution in [3.8, 4) is 0 Å². The van der Waals surface area contributed by atoms with Crippen molar-refractivity contribution in [1.82, 2.24) is 4.98 Å². The molecular weight excluding hydrogens is 198 g/mol. The molecule has 2 rings (SSSR count). The average Bonchev–Trinajstić information content (AvgIpc) is 2.83. The Hall–Kier alpha value is -1.38. The van der Waals surface area contributed by atoms with Crippen molar-refractivity contribution < 1.29 is 0 Å².